The molecule has 0 aliphatic carbocycles. The van der Waals surface area contributed by atoms with Gasteiger partial charge in [0.2, 0.25) is 0 Å². The summed E-state index contributed by atoms with van der Waals surface area (Å²) in [6.07, 6.45) is -2.09. The quantitative estimate of drug-likeness (QED) is 0.504. The lowest BCUT2D eigenvalue weighted by Gasteiger charge is -2.44. The third kappa shape index (κ3) is 2.07. The zero-order valence-corrected chi connectivity index (χ0v) is 8.92. The van der Waals surface area contributed by atoms with Gasteiger partial charge in [0.1, 0.15) is 0 Å². The Morgan fingerprint density at radius 1 is 1.29 bits per heavy atom. The number of nitrogens with two attached hydrogens (primary N) is 1. The highest BCUT2D eigenvalue weighted by Crippen LogP contribution is 2.23. The number of aliphatic hydroxyl groups is 2. The number of ether oxygens (including phenoxy) is 1. The van der Waals surface area contributed by atoms with Crippen LogP contribution in [0.1, 0.15) is 6.92 Å². The van der Waals surface area contributed by atoms with Crippen LogP contribution in [0.25, 0.3) is 0 Å². The second-order valence-electron chi connectivity index (χ2n) is 4.05. The molecule has 1 aliphatic heterocycles. The summed E-state index contributed by atoms with van der Waals surface area (Å²) in [6, 6.07) is -0.313. The zero-order valence-electron chi connectivity index (χ0n) is 8.92. The van der Waals surface area contributed by atoms with Gasteiger partial charge < -0.3 is 25.6 Å². The van der Waals surface area contributed by atoms with Gasteiger partial charge in [0.25, 0.3) is 0 Å². The largest absolute Gasteiger partial charge is 0.389 e. The molecule has 0 radical (unpaired) electrons. The van der Waals surface area contributed by atoms with E-state index in [9.17, 15) is 10.2 Å². The molecule has 5 unspecified atom stereocenters. The van der Waals surface area contributed by atoms with Crippen molar-refractivity contribution in [3.05, 3.63) is 0 Å². The van der Waals surface area contributed by atoms with E-state index >= 15 is 0 Å². The van der Waals surface area contributed by atoms with Crippen molar-refractivity contribution in [2.24, 2.45) is 5.73 Å². The highest BCUT2D eigenvalue weighted by atomic mass is 16.5. The van der Waals surface area contributed by atoms with Gasteiger partial charge in [-0.1, -0.05) is 0 Å². The predicted molar refractivity (Wildman–Crippen MR) is 52.9 cm³/mol. The van der Waals surface area contributed by atoms with Gasteiger partial charge in [-0.05, 0) is 21.0 Å². The molecule has 0 bridgehead atoms. The number of rotatable bonds is 2. The van der Waals surface area contributed by atoms with Gasteiger partial charge in [-0.25, -0.2) is 0 Å². The summed E-state index contributed by atoms with van der Waals surface area (Å²) in [5, 5.41) is 19.7. The van der Waals surface area contributed by atoms with E-state index in [1.807, 2.05) is 14.1 Å². The maximum Gasteiger partial charge on any atom is 0.0995 e. The van der Waals surface area contributed by atoms with Gasteiger partial charge in [-0.15, -0.1) is 0 Å². The van der Waals surface area contributed by atoms with Crippen LogP contribution in [0.2, 0.25) is 0 Å². The molecule has 0 spiro atoms. The molecule has 1 saturated heterocycles. The van der Waals surface area contributed by atoms with Crippen molar-refractivity contribution in [2.45, 2.75) is 37.4 Å². The molecule has 0 amide bonds. The van der Waals surface area contributed by atoms with Crippen LogP contribution in [0.4, 0.5) is 0 Å². The Balaban J connectivity index is 2.78. The first-order valence-electron chi connectivity index (χ1n) is 4.87. The smallest absolute Gasteiger partial charge is 0.0995 e. The fourth-order valence-corrected chi connectivity index (χ4v) is 1.94. The average molecular weight is 204 g/mol. The maximum atomic E-state index is 9.88. The lowest BCUT2D eigenvalue weighted by Crippen LogP contribution is -2.63. The van der Waals surface area contributed by atoms with Crippen LogP contribution in [0.15, 0.2) is 0 Å². The van der Waals surface area contributed by atoms with Gasteiger partial charge in [-0.3, -0.25) is 0 Å². The zero-order chi connectivity index (χ0) is 10.9. The predicted octanol–water partition coefficient (Wildman–Crippen LogP) is -1.62. The molecule has 0 aromatic heterocycles. The maximum absolute atomic E-state index is 9.88. The van der Waals surface area contributed by atoms with Gasteiger partial charge in [0.15, 0.2) is 0 Å². The van der Waals surface area contributed by atoms with Crippen LogP contribution in [-0.4, -0.2) is 66.2 Å². The van der Waals surface area contributed by atoms with Crippen molar-refractivity contribution >= 4 is 0 Å². The molecule has 1 heterocycles. The molecule has 14 heavy (non-hydrogen) atoms. The van der Waals surface area contributed by atoms with Crippen LogP contribution in [0.5, 0.6) is 0 Å². The van der Waals surface area contributed by atoms with Gasteiger partial charge >= 0.3 is 0 Å². The Morgan fingerprint density at radius 2 is 1.86 bits per heavy atom. The third-order valence-electron chi connectivity index (χ3n) is 2.78. The topological polar surface area (TPSA) is 79.0 Å². The van der Waals surface area contributed by atoms with Crippen LogP contribution >= 0.6 is 0 Å². The van der Waals surface area contributed by atoms with E-state index < -0.39 is 12.2 Å². The number of hydrogen-bond acceptors (Lipinski definition) is 5. The Hall–Kier alpha value is -0.200. The Bertz CT molecular complexity index is 189. The van der Waals surface area contributed by atoms with Crippen molar-refractivity contribution in [1.29, 1.82) is 0 Å². The van der Waals surface area contributed by atoms with E-state index in [4.69, 9.17) is 10.5 Å². The molecule has 5 heteroatoms. The van der Waals surface area contributed by atoms with Crippen LogP contribution in [0, 0.1) is 0 Å². The summed E-state index contributed by atoms with van der Waals surface area (Å²) < 4.78 is 5.39. The normalized spacial score (nSPS) is 44.4. The molecule has 5 nitrogen and oxygen atoms in total. The summed E-state index contributed by atoms with van der Waals surface area (Å²) in [4.78, 5) is 1.80. The van der Waals surface area contributed by atoms with Crippen molar-refractivity contribution in [1.82, 2.24) is 4.90 Å². The second-order valence-corrected chi connectivity index (χ2v) is 4.05. The van der Waals surface area contributed by atoms with Crippen LogP contribution in [-0.2, 0) is 4.74 Å². The molecule has 1 rings (SSSR count). The first-order chi connectivity index (χ1) is 6.49. The summed E-state index contributed by atoms with van der Waals surface area (Å²) >= 11 is 0. The van der Waals surface area contributed by atoms with Crippen molar-refractivity contribution in [3.8, 4) is 0 Å². The van der Waals surface area contributed by atoms with Gasteiger partial charge in [0, 0.05) is 6.54 Å². The van der Waals surface area contributed by atoms with Crippen LogP contribution < -0.4 is 5.73 Å². The molecule has 0 aromatic carbocycles. The minimum Gasteiger partial charge on any atom is -0.389 e. The minimum absolute atomic E-state index is 0.266. The van der Waals surface area contributed by atoms with E-state index in [2.05, 4.69) is 0 Å². The lowest BCUT2D eigenvalue weighted by molar-refractivity contribution is -0.192. The van der Waals surface area contributed by atoms with E-state index in [0.717, 1.165) is 0 Å². The summed E-state index contributed by atoms with van der Waals surface area (Å²) in [7, 11) is 3.64. The second kappa shape index (κ2) is 4.55. The van der Waals surface area contributed by atoms with Crippen molar-refractivity contribution < 1.29 is 14.9 Å². The van der Waals surface area contributed by atoms with Gasteiger partial charge in [0.05, 0.1) is 30.5 Å². The number of hydrogen-bond donors (Lipinski definition) is 3. The average Bonchev–Trinajstić information content (AvgIpc) is 2.11. The summed E-state index contributed by atoms with van der Waals surface area (Å²) in [6.45, 7) is 2.05. The monoisotopic (exact) mass is 204 g/mol. The number of likely N-dealkylation sites (N-methyl/N-ethyl adjacent to an activating group) is 1. The molecule has 1 aliphatic rings. The van der Waals surface area contributed by atoms with Crippen LogP contribution in [0.3, 0.4) is 0 Å². The molecule has 0 saturated carbocycles. The van der Waals surface area contributed by atoms with Gasteiger partial charge in [-0.2, -0.15) is 0 Å². The van der Waals surface area contributed by atoms with E-state index in [-0.39, 0.29) is 24.8 Å². The standard InChI is InChI=1S/C9H20N2O3/c1-5-8(12)7(11(2)3)9(13)6(4-10)14-5/h5-9,12-13H,4,10H2,1-3H3. The molecule has 1 fully saturated rings. The molecular weight excluding hydrogens is 184 g/mol. The summed E-state index contributed by atoms with van der Waals surface area (Å²) in [5.74, 6) is 0. The minimum atomic E-state index is -0.735. The summed E-state index contributed by atoms with van der Waals surface area (Å²) in [5.41, 5.74) is 5.48. The Labute approximate surface area is 84.5 Å². The fraction of sp³-hybridized carbons (Fsp3) is 1.00. The molecule has 84 valence electrons. The first-order valence-corrected chi connectivity index (χ1v) is 4.87. The third-order valence-corrected chi connectivity index (χ3v) is 2.78. The molecule has 5 atom stereocenters. The Kier molecular flexibility index (Phi) is 3.86. The number of aliphatic hydroxyl groups excluding tert-OH is 2. The Morgan fingerprint density at radius 3 is 2.29 bits per heavy atom. The van der Waals surface area contributed by atoms with E-state index in [0.29, 0.717) is 0 Å². The SMILES string of the molecule is CC1OC(CN)C(O)C(N(C)C)C1O. The highest BCUT2D eigenvalue weighted by molar-refractivity contribution is 4.95. The molecule has 0 aromatic rings. The first kappa shape index (κ1) is 11.9. The fourth-order valence-electron chi connectivity index (χ4n) is 1.94. The number of nitrogens with zero attached hydrogens (tertiary/aromatic N) is 1. The van der Waals surface area contributed by atoms with E-state index in [1.165, 1.54) is 0 Å². The van der Waals surface area contributed by atoms with Crippen molar-refractivity contribution in [3.63, 3.8) is 0 Å². The highest BCUT2D eigenvalue weighted by Gasteiger charge is 2.42. The van der Waals surface area contributed by atoms with Crippen molar-refractivity contribution in [2.75, 3.05) is 20.6 Å². The molecular formula is C9H20N2O3. The lowest BCUT2D eigenvalue weighted by atomic mass is 9.92. The molecule has 4 N–H and O–H groups in total. The van der Waals surface area contributed by atoms with E-state index in [1.54, 1.807) is 11.8 Å².